The predicted octanol–water partition coefficient (Wildman–Crippen LogP) is 4.98. The van der Waals surface area contributed by atoms with Gasteiger partial charge < -0.3 is 14.2 Å². The molecule has 0 N–H and O–H groups in total. The van der Waals surface area contributed by atoms with E-state index >= 15 is 0 Å². The van der Waals surface area contributed by atoms with Gasteiger partial charge in [-0.2, -0.15) is 0 Å². The fraction of sp³-hybridized carbons (Fsp3) is 0.739. The summed E-state index contributed by atoms with van der Waals surface area (Å²) in [5.74, 6) is 0. The highest BCUT2D eigenvalue weighted by Gasteiger charge is 2.22. The normalized spacial score (nSPS) is 14.1. The summed E-state index contributed by atoms with van der Waals surface area (Å²) in [7, 11) is 2.10. The molecule has 4 heteroatoms. The van der Waals surface area contributed by atoms with Crippen molar-refractivity contribution >= 4 is 0 Å². The van der Waals surface area contributed by atoms with Crippen LogP contribution in [0.25, 0.3) is 0 Å². The van der Waals surface area contributed by atoms with Crippen molar-refractivity contribution in [3.05, 3.63) is 35.9 Å². The topological polar surface area (TPSA) is 30.9 Å². The summed E-state index contributed by atoms with van der Waals surface area (Å²) in [6.45, 7) is 18.6. The van der Waals surface area contributed by atoms with Crippen molar-refractivity contribution < 1.29 is 14.2 Å². The Kier molecular flexibility index (Phi) is 9.96. The van der Waals surface area contributed by atoms with E-state index in [-0.39, 0.29) is 23.2 Å². The molecular formula is C23H41NO3. The SMILES string of the molecule is C[C@H](COCc1ccccc1)N(C)CC(OCC(C)(C)C)OCC(C)(C)C. The van der Waals surface area contributed by atoms with Gasteiger partial charge in [0.05, 0.1) is 26.4 Å². The van der Waals surface area contributed by atoms with Gasteiger partial charge in [0.2, 0.25) is 0 Å². The molecule has 0 spiro atoms. The highest BCUT2D eigenvalue weighted by molar-refractivity contribution is 5.13. The first-order valence-corrected chi connectivity index (χ1v) is 10.0. The van der Waals surface area contributed by atoms with Gasteiger partial charge in [-0.15, -0.1) is 0 Å². The van der Waals surface area contributed by atoms with Crippen molar-refractivity contribution in [2.45, 2.75) is 67.4 Å². The Labute approximate surface area is 167 Å². The highest BCUT2D eigenvalue weighted by atomic mass is 16.7. The maximum absolute atomic E-state index is 6.09. The van der Waals surface area contributed by atoms with Gasteiger partial charge in [0.1, 0.15) is 0 Å². The lowest BCUT2D eigenvalue weighted by Gasteiger charge is -2.32. The molecule has 0 radical (unpaired) electrons. The Balaban J connectivity index is 2.47. The second-order valence-electron chi connectivity index (χ2n) is 9.96. The summed E-state index contributed by atoms with van der Waals surface area (Å²) in [5, 5.41) is 0. The second kappa shape index (κ2) is 11.2. The first-order chi connectivity index (χ1) is 12.5. The van der Waals surface area contributed by atoms with E-state index in [0.29, 0.717) is 26.4 Å². The van der Waals surface area contributed by atoms with Crippen LogP contribution in [-0.4, -0.2) is 50.6 Å². The first kappa shape index (κ1) is 24.1. The van der Waals surface area contributed by atoms with E-state index in [2.05, 4.69) is 72.5 Å². The highest BCUT2D eigenvalue weighted by Crippen LogP contribution is 2.18. The molecule has 0 unspecified atom stereocenters. The van der Waals surface area contributed by atoms with Gasteiger partial charge in [-0.3, -0.25) is 4.90 Å². The zero-order valence-electron chi connectivity index (χ0n) is 18.7. The lowest BCUT2D eigenvalue weighted by Crippen LogP contribution is -2.42. The molecule has 0 saturated carbocycles. The van der Waals surface area contributed by atoms with Crippen molar-refractivity contribution in [3.63, 3.8) is 0 Å². The largest absolute Gasteiger partial charge is 0.375 e. The molecule has 0 aliphatic carbocycles. The Hall–Kier alpha value is -0.940. The van der Waals surface area contributed by atoms with Gasteiger partial charge in [0.25, 0.3) is 0 Å². The van der Waals surface area contributed by atoms with Crippen LogP contribution in [0.5, 0.6) is 0 Å². The number of rotatable bonds is 11. The molecule has 0 fully saturated rings. The standard InChI is InChI=1S/C23H41NO3/c1-19(15-25-16-20-12-10-9-11-13-20)24(8)14-21(26-17-22(2,3)4)27-18-23(5,6)7/h9-13,19,21H,14-18H2,1-8H3/t19-/m1/s1. The van der Waals surface area contributed by atoms with Crippen LogP contribution in [0.2, 0.25) is 0 Å². The van der Waals surface area contributed by atoms with Gasteiger partial charge in [0.15, 0.2) is 6.29 Å². The number of nitrogens with zero attached hydrogens (tertiary/aromatic N) is 1. The molecule has 4 nitrogen and oxygen atoms in total. The molecule has 0 bridgehead atoms. The van der Waals surface area contributed by atoms with Crippen LogP contribution in [0.15, 0.2) is 30.3 Å². The molecule has 1 aromatic rings. The van der Waals surface area contributed by atoms with Crippen molar-refractivity contribution in [2.24, 2.45) is 10.8 Å². The monoisotopic (exact) mass is 379 g/mol. The molecule has 27 heavy (non-hydrogen) atoms. The van der Waals surface area contributed by atoms with Crippen LogP contribution in [0.1, 0.15) is 54.0 Å². The van der Waals surface area contributed by atoms with E-state index in [0.717, 1.165) is 6.54 Å². The Bertz CT molecular complexity index is 487. The summed E-state index contributed by atoms with van der Waals surface area (Å²) in [6.07, 6.45) is -0.231. The van der Waals surface area contributed by atoms with E-state index in [4.69, 9.17) is 14.2 Å². The zero-order valence-corrected chi connectivity index (χ0v) is 18.7. The van der Waals surface area contributed by atoms with Crippen LogP contribution in [0.3, 0.4) is 0 Å². The van der Waals surface area contributed by atoms with Gasteiger partial charge in [0, 0.05) is 12.6 Å². The van der Waals surface area contributed by atoms with Crippen LogP contribution in [-0.2, 0) is 20.8 Å². The number of benzene rings is 1. The quantitative estimate of drug-likeness (QED) is 0.508. The number of hydrogen-bond donors (Lipinski definition) is 0. The summed E-state index contributed by atoms with van der Waals surface area (Å²) < 4.78 is 18.1. The molecule has 0 heterocycles. The Morgan fingerprint density at radius 1 is 0.889 bits per heavy atom. The fourth-order valence-corrected chi connectivity index (χ4v) is 2.30. The lowest BCUT2D eigenvalue weighted by molar-refractivity contribution is -0.179. The molecule has 1 rings (SSSR count). The van der Waals surface area contributed by atoms with Crippen LogP contribution in [0, 0.1) is 10.8 Å². The second-order valence-corrected chi connectivity index (χ2v) is 9.96. The van der Waals surface area contributed by atoms with Gasteiger partial charge in [-0.05, 0) is 30.4 Å². The van der Waals surface area contributed by atoms with Crippen molar-refractivity contribution in [3.8, 4) is 0 Å². The maximum atomic E-state index is 6.09. The van der Waals surface area contributed by atoms with Gasteiger partial charge in [-0.1, -0.05) is 71.9 Å². The van der Waals surface area contributed by atoms with E-state index in [1.54, 1.807) is 0 Å². The molecule has 1 aromatic carbocycles. The zero-order chi connectivity index (χ0) is 20.5. The Morgan fingerprint density at radius 3 is 1.89 bits per heavy atom. The number of ether oxygens (including phenoxy) is 3. The molecule has 1 atom stereocenters. The summed E-state index contributed by atoms with van der Waals surface area (Å²) >= 11 is 0. The average Bonchev–Trinajstić information content (AvgIpc) is 2.56. The third-order valence-electron chi connectivity index (χ3n) is 4.06. The number of hydrogen-bond acceptors (Lipinski definition) is 4. The van der Waals surface area contributed by atoms with Gasteiger partial charge in [-0.25, -0.2) is 0 Å². The minimum Gasteiger partial charge on any atom is -0.375 e. The molecule has 0 amide bonds. The molecular weight excluding hydrogens is 338 g/mol. The van der Waals surface area contributed by atoms with Crippen LogP contribution >= 0.6 is 0 Å². The first-order valence-electron chi connectivity index (χ1n) is 10.0. The fourth-order valence-electron chi connectivity index (χ4n) is 2.30. The Morgan fingerprint density at radius 2 is 1.41 bits per heavy atom. The summed E-state index contributed by atoms with van der Waals surface area (Å²) in [6, 6.07) is 10.6. The summed E-state index contributed by atoms with van der Waals surface area (Å²) in [4.78, 5) is 2.25. The smallest absolute Gasteiger partial charge is 0.170 e. The molecule has 0 aliphatic rings. The molecule has 156 valence electrons. The minimum absolute atomic E-state index is 0.117. The maximum Gasteiger partial charge on any atom is 0.170 e. The van der Waals surface area contributed by atoms with Crippen LogP contribution < -0.4 is 0 Å². The predicted molar refractivity (Wildman–Crippen MR) is 113 cm³/mol. The van der Waals surface area contributed by atoms with Crippen molar-refractivity contribution in [1.29, 1.82) is 0 Å². The molecule has 0 saturated heterocycles. The lowest BCUT2D eigenvalue weighted by atomic mass is 9.98. The molecule has 0 aliphatic heterocycles. The van der Waals surface area contributed by atoms with Crippen LogP contribution in [0.4, 0.5) is 0 Å². The average molecular weight is 380 g/mol. The number of likely N-dealkylation sites (N-methyl/N-ethyl adjacent to an activating group) is 1. The van der Waals surface area contributed by atoms with E-state index in [1.807, 2.05) is 18.2 Å². The molecule has 0 aromatic heterocycles. The van der Waals surface area contributed by atoms with E-state index < -0.39 is 0 Å². The van der Waals surface area contributed by atoms with Crippen molar-refractivity contribution in [1.82, 2.24) is 4.90 Å². The van der Waals surface area contributed by atoms with E-state index in [1.165, 1.54) is 5.56 Å². The third kappa shape index (κ3) is 12.2. The van der Waals surface area contributed by atoms with Gasteiger partial charge >= 0.3 is 0 Å². The third-order valence-corrected chi connectivity index (χ3v) is 4.06. The minimum atomic E-state index is -0.231. The summed E-state index contributed by atoms with van der Waals surface area (Å²) in [5.41, 5.74) is 1.44. The van der Waals surface area contributed by atoms with Crippen molar-refractivity contribution in [2.75, 3.05) is 33.4 Å². The van der Waals surface area contributed by atoms with E-state index in [9.17, 15) is 0 Å².